The van der Waals surface area contributed by atoms with Gasteiger partial charge in [0, 0.05) is 21.3 Å². The molecule has 2 aromatic heterocycles. The Morgan fingerprint density at radius 2 is 1.91 bits per heavy atom. The molecule has 0 aliphatic rings. The molecule has 0 saturated carbocycles. The standard InChI is InChI=1S/C25H19BrClFN2O3/c1-15-9-11-22(30(15)24-8-4-7-21(29-24)25(31)32-2)17-13-16(26)10-12-23(17)33-14-18-19(27)5-3-6-20(18)28/h3-13H,14H2,1-2H3. The first-order valence-electron chi connectivity index (χ1n) is 9.98. The van der Waals surface area contributed by atoms with Gasteiger partial charge in [0.25, 0.3) is 0 Å². The van der Waals surface area contributed by atoms with E-state index in [2.05, 4.69) is 20.9 Å². The minimum absolute atomic E-state index is 0.0318. The first-order valence-corrected chi connectivity index (χ1v) is 11.2. The summed E-state index contributed by atoms with van der Waals surface area (Å²) in [5, 5.41) is 0.303. The van der Waals surface area contributed by atoms with E-state index in [1.807, 2.05) is 35.8 Å². The maximum absolute atomic E-state index is 14.2. The van der Waals surface area contributed by atoms with Crippen LogP contribution in [0.2, 0.25) is 5.02 Å². The van der Waals surface area contributed by atoms with E-state index in [1.165, 1.54) is 13.2 Å². The second-order valence-electron chi connectivity index (χ2n) is 7.20. The molecule has 0 unspecified atom stereocenters. The molecule has 0 spiro atoms. The van der Waals surface area contributed by atoms with E-state index in [4.69, 9.17) is 21.1 Å². The van der Waals surface area contributed by atoms with E-state index in [0.29, 0.717) is 16.6 Å². The fourth-order valence-corrected chi connectivity index (χ4v) is 4.05. The number of nitrogens with zero attached hydrogens (tertiary/aromatic N) is 2. The predicted molar refractivity (Wildman–Crippen MR) is 129 cm³/mol. The summed E-state index contributed by atoms with van der Waals surface area (Å²) >= 11 is 9.68. The molecule has 4 aromatic rings. The molecular formula is C25H19BrClFN2O3. The van der Waals surface area contributed by atoms with Crippen LogP contribution in [0.3, 0.4) is 0 Å². The number of methoxy groups -OCH3 is 1. The minimum atomic E-state index is -0.517. The third-order valence-electron chi connectivity index (χ3n) is 5.09. The molecule has 2 heterocycles. The van der Waals surface area contributed by atoms with Gasteiger partial charge in [-0.1, -0.05) is 39.7 Å². The quantitative estimate of drug-likeness (QED) is 0.259. The number of benzene rings is 2. The highest BCUT2D eigenvalue weighted by Crippen LogP contribution is 2.36. The molecule has 2 aromatic carbocycles. The lowest BCUT2D eigenvalue weighted by Crippen LogP contribution is -2.09. The maximum Gasteiger partial charge on any atom is 0.356 e. The van der Waals surface area contributed by atoms with Crippen molar-refractivity contribution in [1.82, 2.24) is 9.55 Å². The molecule has 4 rings (SSSR count). The highest BCUT2D eigenvalue weighted by molar-refractivity contribution is 9.10. The van der Waals surface area contributed by atoms with Crippen LogP contribution in [0, 0.1) is 12.7 Å². The van der Waals surface area contributed by atoms with Crippen molar-refractivity contribution in [2.75, 3.05) is 7.11 Å². The molecule has 33 heavy (non-hydrogen) atoms. The largest absolute Gasteiger partial charge is 0.488 e. The minimum Gasteiger partial charge on any atom is -0.488 e. The topological polar surface area (TPSA) is 53.4 Å². The number of rotatable bonds is 6. The molecule has 0 fully saturated rings. The fourth-order valence-electron chi connectivity index (χ4n) is 3.47. The number of hydrogen-bond acceptors (Lipinski definition) is 4. The SMILES string of the molecule is COC(=O)c1cccc(-n2c(C)ccc2-c2cc(Br)ccc2OCc2c(F)cccc2Cl)n1. The molecule has 0 atom stereocenters. The van der Waals surface area contributed by atoms with Gasteiger partial charge in [0.2, 0.25) is 0 Å². The number of carbonyl (C=O) groups is 1. The highest BCUT2D eigenvalue weighted by atomic mass is 79.9. The Morgan fingerprint density at radius 1 is 1.12 bits per heavy atom. The van der Waals surface area contributed by atoms with Crippen molar-refractivity contribution in [2.45, 2.75) is 13.5 Å². The van der Waals surface area contributed by atoms with Crippen LogP contribution in [0.1, 0.15) is 21.7 Å². The molecule has 0 amide bonds. The molecule has 5 nitrogen and oxygen atoms in total. The molecule has 0 aliphatic heterocycles. The molecule has 168 valence electrons. The van der Waals surface area contributed by atoms with Crippen LogP contribution in [0.4, 0.5) is 4.39 Å². The highest BCUT2D eigenvalue weighted by Gasteiger charge is 2.18. The Bertz CT molecular complexity index is 1320. The first-order chi connectivity index (χ1) is 15.9. The van der Waals surface area contributed by atoms with Gasteiger partial charge in [-0.3, -0.25) is 4.57 Å². The van der Waals surface area contributed by atoms with Gasteiger partial charge in [0.1, 0.15) is 24.0 Å². The summed E-state index contributed by atoms with van der Waals surface area (Å²) in [6.07, 6.45) is 0. The second kappa shape index (κ2) is 9.77. The van der Waals surface area contributed by atoms with Crippen molar-refractivity contribution < 1.29 is 18.7 Å². The van der Waals surface area contributed by atoms with E-state index >= 15 is 0 Å². The van der Waals surface area contributed by atoms with E-state index < -0.39 is 11.8 Å². The summed E-state index contributed by atoms with van der Waals surface area (Å²) in [5.41, 5.74) is 2.94. The van der Waals surface area contributed by atoms with Crippen LogP contribution in [0.15, 0.2) is 71.2 Å². The summed E-state index contributed by atoms with van der Waals surface area (Å²) in [7, 11) is 1.32. The number of pyridine rings is 1. The van der Waals surface area contributed by atoms with Gasteiger partial charge in [-0.25, -0.2) is 14.2 Å². The van der Waals surface area contributed by atoms with E-state index in [1.54, 1.807) is 36.4 Å². The summed E-state index contributed by atoms with van der Waals surface area (Å²) in [4.78, 5) is 16.5. The lowest BCUT2D eigenvalue weighted by atomic mass is 10.1. The zero-order valence-corrected chi connectivity index (χ0v) is 20.2. The van der Waals surface area contributed by atoms with Crippen LogP contribution in [0.25, 0.3) is 17.1 Å². The predicted octanol–water partition coefficient (Wildman–Crippen LogP) is 6.77. The van der Waals surface area contributed by atoms with Crippen molar-refractivity contribution in [3.8, 4) is 22.8 Å². The molecule has 8 heteroatoms. The monoisotopic (exact) mass is 528 g/mol. The van der Waals surface area contributed by atoms with Crippen molar-refractivity contribution >= 4 is 33.5 Å². The van der Waals surface area contributed by atoms with Gasteiger partial charge in [0.05, 0.1) is 17.8 Å². The normalized spacial score (nSPS) is 10.8. The first kappa shape index (κ1) is 23.0. The summed E-state index contributed by atoms with van der Waals surface area (Å²) < 4.78 is 27.8. The fraction of sp³-hybridized carbons (Fsp3) is 0.120. The number of aryl methyl sites for hydroxylation is 1. The van der Waals surface area contributed by atoms with Crippen LogP contribution in [-0.4, -0.2) is 22.6 Å². The van der Waals surface area contributed by atoms with Gasteiger partial charge in [-0.15, -0.1) is 0 Å². The van der Waals surface area contributed by atoms with Crippen molar-refractivity contribution in [3.05, 3.63) is 99.0 Å². The van der Waals surface area contributed by atoms with Crippen molar-refractivity contribution in [2.24, 2.45) is 0 Å². The van der Waals surface area contributed by atoms with Crippen LogP contribution in [-0.2, 0) is 11.3 Å². The molecule has 0 radical (unpaired) electrons. The van der Waals surface area contributed by atoms with Crippen LogP contribution in [0.5, 0.6) is 5.75 Å². The third-order valence-corrected chi connectivity index (χ3v) is 5.93. The summed E-state index contributed by atoms with van der Waals surface area (Å²) in [6, 6.07) is 19.1. The second-order valence-corrected chi connectivity index (χ2v) is 8.52. The number of esters is 1. The Balaban J connectivity index is 1.77. The zero-order valence-electron chi connectivity index (χ0n) is 17.8. The maximum atomic E-state index is 14.2. The molecular weight excluding hydrogens is 511 g/mol. The number of aromatic nitrogens is 2. The number of carbonyl (C=O) groups excluding carboxylic acids is 1. The number of ether oxygens (including phenoxy) is 2. The van der Waals surface area contributed by atoms with E-state index in [-0.39, 0.29) is 17.9 Å². The van der Waals surface area contributed by atoms with Gasteiger partial charge in [-0.05, 0) is 61.5 Å². The smallest absolute Gasteiger partial charge is 0.356 e. The average Bonchev–Trinajstić information content (AvgIpc) is 3.20. The van der Waals surface area contributed by atoms with Crippen LogP contribution >= 0.6 is 27.5 Å². The Labute approximate surface area is 203 Å². The van der Waals surface area contributed by atoms with Gasteiger partial charge < -0.3 is 9.47 Å². The van der Waals surface area contributed by atoms with Crippen LogP contribution < -0.4 is 4.74 Å². The zero-order chi connectivity index (χ0) is 23.5. The lowest BCUT2D eigenvalue weighted by Gasteiger charge is -2.16. The lowest BCUT2D eigenvalue weighted by molar-refractivity contribution is 0.0594. The van der Waals surface area contributed by atoms with Crippen molar-refractivity contribution in [3.63, 3.8) is 0 Å². The average molecular weight is 530 g/mol. The van der Waals surface area contributed by atoms with Gasteiger partial charge in [-0.2, -0.15) is 0 Å². The van der Waals surface area contributed by atoms with Gasteiger partial charge in [0.15, 0.2) is 5.69 Å². The Kier molecular flexibility index (Phi) is 6.81. The van der Waals surface area contributed by atoms with E-state index in [9.17, 15) is 9.18 Å². The molecule has 0 bridgehead atoms. The summed E-state index contributed by atoms with van der Waals surface area (Å²) in [6.45, 7) is 1.91. The van der Waals surface area contributed by atoms with Gasteiger partial charge >= 0.3 is 5.97 Å². The third kappa shape index (κ3) is 4.79. The molecule has 0 aliphatic carbocycles. The molecule has 0 saturated heterocycles. The Morgan fingerprint density at radius 3 is 2.67 bits per heavy atom. The van der Waals surface area contributed by atoms with E-state index in [0.717, 1.165) is 21.4 Å². The molecule has 0 N–H and O–H groups in total. The number of hydrogen-bond donors (Lipinski definition) is 0. The summed E-state index contributed by atoms with van der Waals surface area (Å²) in [5.74, 6) is 0.153. The number of halogens is 3. The van der Waals surface area contributed by atoms with Crippen molar-refractivity contribution in [1.29, 1.82) is 0 Å². The Hall–Kier alpha value is -3.16.